The lowest BCUT2D eigenvalue weighted by Gasteiger charge is -2.11. The van der Waals surface area contributed by atoms with Gasteiger partial charge in [0, 0.05) is 11.8 Å². The Morgan fingerprint density at radius 1 is 0.917 bits per heavy atom. The van der Waals surface area contributed by atoms with E-state index < -0.39 is 0 Å². The summed E-state index contributed by atoms with van der Waals surface area (Å²) in [5.41, 5.74) is 5.13. The summed E-state index contributed by atoms with van der Waals surface area (Å²) in [6.07, 6.45) is 6.86. The molecule has 0 bridgehead atoms. The van der Waals surface area contributed by atoms with Crippen LogP contribution in [-0.2, 0) is 0 Å². The fourth-order valence-corrected chi connectivity index (χ4v) is 2.73. The highest BCUT2D eigenvalue weighted by molar-refractivity contribution is 5.82. The molecule has 0 spiro atoms. The summed E-state index contributed by atoms with van der Waals surface area (Å²) in [5.74, 6) is 1.27. The van der Waals surface area contributed by atoms with Gasteiger partial charge < -0.3 is 9.15 Å². The van der Waals surface area contributed by atoms with Gasteiger partial charge in [0.25, 0.3) is 0 Å². The average molecular weight is 317 g/mol. The van der Waals surface area contributed by atoms with E-state index in [4.69, 9.17) is 9.15 Å². The monoisotopic (exact) mass is 317 g/mol. The van der Waals surface area contributed by atoms with Crippen molar-refractivity contribution in [1.82, 2.24) is 15.2 Å². The lowest BCUT2D eigenvalue weighted by atomic mass is 9.99. The normalized spacial score (nSPS) is 10.9. The Labute approximate surface area is 138 Å². The van der Waals surface area contributed by atoms with Crippen LogP contribution in [0.3, 0.4) is 0 Å². The summed E-state index contributed by atoms with van der Waals surface area (Å²) in [5, 5.41) is 8.74. The van der Waals surface area contributed by atoms with E-state index in [0.29, 0.717) is 5.88 Å². The van der Waals surface area contributed by atoms with Crippen molar-refractivity contribution in [3.8, 4) is 22.8 Å². The molecule has 0 saturated carbocycles. The zero-order valence-electron chi connectivity index (χ0n) is 13.4. The van der Waals surface area contributed by atoms with Gasteiger partial charge in [-0.25, -0.2) is 4.98 Å². The van der Waals surface area contributed by atoms with E-state index in [1.54, 1.807) is 24.9 Å². The van der Waals surface area contributed by atoms with Gasteiger partial charge in [-0.2, -0.15) is 10.2 Å². The molecule has 0 fully saturated rings. The second kappa shape index (κ2) is 5.77. The first-order chi connectivity index (χ1) is 11.7. The molecule has 0 aliphatic heterocycles. The van der Waals surface area contributed by atoms with Crippen molar-refractivity contribution >= 4 is 11.0 Å². The first-order valence-corrected chi connectivity index (χ1v) is 7.61. The number of ether oxygens (including phenoxy) is 1. The average Bonchev–Trinajstić information content (AvgIpc) is 3.06. The predicted octanol–water partition coefficient (Wildman–Crippen LogP) is 4.69. The van der Waals surface area contributed by atoms with E-state index in [2.05, 4.69) is 15.2 Å². The number of benzene rings is 1. The van der Waals surface area contributed by atoms with Crippen molar-refractivity contribution in [2.75, 3.05) is 0 Å². The number of aryl methyl sites for hydroxylation is 2. The summed E-state index contributed by atoms with van der Waals surface area (Å²) in [6.45, 7) is 4.07. The quantitative estimate of drug-likeness (QED) is 0.548. The van der Waals surface area contributed by atoms with Crippen LogP contribution in [0.25, 0.3) is 22.1 Å². The molecule has 0 unspecified atom stereocenters. The summed E-state index contributed by atoms with van der Waals surface area (Å²) in [4.78, 5) is 4.30. The minimum atomic E-state index is 0.537. The van der Waals surface area contributed by atoms with Gasteiger partial charge in [0.1, 0.15) is 11.3 Å². The van der Waals surface area contributed by atoms with E-state index in [1.807, 2.05) is 44.2 Å². The van der Waals surface area contributed by atoms with Crippen molar-refractivity contribution in [2.45, 2.75) is 13.8 Å². The molecule has 3 aromatic heterocycles. The highest BCUT2D eigenvalue weighted by Gasteiger charge is 2.10. The summed E-state index contributed by atoms with van der Waals surface area (Å²) in [7, 11) is 0. The second-order valence-electron chi connectivity index (χ2n) is 5.61. The minimum Gasteiger partial charge on any atom is -0.464 e. The Bertz CT molecular complexity index is 1020. The van der Waals surface area contributed by atoms with Crippen LogP contribution in [0.2, 0.25) is 0 Å². The third-order valence-corrected chi connectivity index (χ3v) is 3.98. The molecule has 118 valence electrons. The molecule has 0 aliphatic rings. The Kier molecular flexibility index (Phi) is 3.46. The molecule has 3 heterocycles. The van der Waals surface area contributed by atoms with E-state index in [-0.39, 0.29) is 0 Å². The van der Waals surface area contributed by atoms with Crippen LogP contribution in [0.15, 0.2) is 59.6 Å². The minimum absolute atomic E-state index is 0.537. The Morgan fingerprint density at radius 3 is 2.62 bits per heavy atom. The van der Waals surface area contributed by atoms with Crippen LogP contribution in [-0.4, -0.2) is 15.2 Å². The molecule has 0 saturated heterocycles. The van der Waals surface area contributed by atoms with Crippen molar-refractivity contribution < 1.29 is 9.15 Å². The topological polar surface area (TPSA) is 61.0 Å². The van der Waals surface area contributed by atoms with E-state index in [0.717, 1.165) is 39.0 Å². The smallest absolute Gasteiger partial charge is 0.230 e. The van der Waals surface area contributed by atoms with E-state index >= 15 is 0 Å². The van der Waals surface area contributed by atoms with E-state index in [1.165, 1.54) is 0 Å². The third-order valence-electron chi connectivity index (χ3n) is 3.98. The molecule has 4 rings (SSSR count). The van der Waals surface area contributed by atoms with Gasteiger partial charge >= 0.3 is 0 Å². The third kappa shape index (κ3) is 2.50. The maximum absolute atomic E-state index is 5.95. The number of fused-ring (bicyclic) bond motifs is 1. The molecule has 4 aromatic rings. The largest absolute Gasteiger partial charge is 0.464 e. The van der Waals surface area contributed by atoms with Crippen molar-refractivity contribution in [3.05, 3.63) is 66.3 Å². The number of rotatable bonds is 3. The summed E-state index contributed by atoms with van der Waals surface area (Å²) < 4.78 is 11.3. The van der Waals surface area contributed by atoms with Gasteiger partial charge in [-0.05, 0) is 54.8 Å². The van der Waals surface area contributed by atoms with Gasteiger partial charge in [0.2, 0.25) is 5.88 Å². The Hall–Kier alpha value is -3.21. The Balaban J connectivity index is 1.70. The number of hydrogen-bond acceptors (Lipinski definition) is 5. The number of furan rings is 1. The number of hydrogen-bond donors (Lipinski definition) is 0. The first-order valence-electron chi connectivity index (χ1n) is 7.61. The lowest BCUT2D eigenvalue weighted by molar-refractivity contribution is 0.468. The second-order valence-corrected chi connectivity index (χ2v) is 5.61. The highest BCUT2D eigenvalue weighted by Crippen LogP contribution is 2.32. The molecule has 0 aliphatic carbocycles. The molecule has 0 N–H and O–H groups in total. The number of nitrogens with zero attached hydrogens (tertiary/aromatic N) is 3. The molecular formula is C19H15N3O2. The van der Waals surface area contributed by atoms with Gasteiger partial charge in [-0.15, -0.1) is 0 Å². The molecule has 5 nitrogen and oxygen atoms in total. The fourth-order valence-electron chi connectivity index (χ4n) is 2.73. The fraction of sp³-hybridized carbons (Fsp3) is 0.105. The molecule has 0 atom stereocenters. The molecular weight excluding hydrogens is 302 g/mol. The van der Waals surface area contributed by atoms with Crippen LogP contribution in [0, 0.1) is 13.8 Å². The molecule has 24 heavy (non-hydrogen) atoms. The van der Waals surface area contributed by atoms with Gasteiger partial charge in [0.05, 0.1) is 24.0 Å². The van der Waals surface area contributed by atoms with Crippen molar-refractivity contribution in [3.63, 3.8) is 0 Å². The van der Waals surface area contributed by atoms with Gasteiger partial charge in [-0.1, -0.05) is 6.07 Å². The molecule has 1 aromatic carbocycles. The lowest BCUT2D eigenvalue weighted by Crippen LogP contribution is -1.93. The zero-order chi connectivity index (χ0) is 16.5. The van der Waals surface area contributed by atoms with Crippen LogP contribution in [0.5, 0.6) is 11.6 Å². The van der Waals surface area contributed by atoms with Crippen LogP contribution >= 0.6 is 0 Å². The highest BCUT2D eigenvalue weighted by atomic mass is 16.5. The SMILES string of the molecule is Cc1cc(Oc2nccc3occc23)ccc1-c1cnncc1C. The van der Waals surface area contributed by atoms with Gasteiger partial charge in [-0.3, -0.25) is 0 Å². The maximum Gasteiger partial charge on any atom is 0.230 e. The predicted molar refractivity (Wildman–Crippen MR) is 91.0 cm³/mol. The molecule has 5 heteroatoms. The number of aromatic nitrogens is 3. The van der Waals surface area contributed by atoms with Crippen LogP contribution in [0.1, 0.15) is 11.1 Å². The number of pyridine rings is 1. The van der Waals surface area contributed by atoms with Gasteiger partial charge in [0.15, 0.2) is 0 Å². The zero-order valence-corrected chi connectivity index (χ0v) is 13.4. The first kappa shape index (κ1) is 14.4. The van der Waals surface area contributed by atoms with E-state index in [9.17, 15) is 0 Å². The molecule has 0 amide bonds. The Morgan fingerprint density at radius 2 is 1.79 bits per heavy atom. The van der Waals surface area contributed by atoms with Crippen LogP contribution in [0.4, 0.5) is 0 Å². The van der Waals surface area contributed by atoms with Crippen LogP contribution < -0.4 is 4.74 Å². The van der Waals surface area contributed by atoms with Crippen molar-refractivity contribution in [2.24, 2.45) is 0 Å². The standard InChI is InChI=1S/C19H15N3O2/c1-12-9-14(3-4-15(12)17-11-22-21-10-13(17)2)24-19-16-6-8-23-18(16)5-7-20-19/h3-11H,1-2H3. The summed E-state index contributed by atoms with van der Waals surface area (Å²) in [6, 6.07) is 9.63. The maximum atomic E-state index is 5.95. The van der Waals surface area contributed by atoms with Crippen molar-refractivity contribution in [1.29, 1.82) is 0 Å². The molecule has 0 radical (unpaired) electrons. The summed E-state index contributed by atoms with van der Waals surface area (Å²) >= 11 is 0.